The molecule has 1 aromatic carbocycles. The molecule has 0 aliphatic carbocycles. The van der Waals surface area contributed by atoms with Crippen molar-refractivity contribution in [3.05, 3.63) is 54.2 Å². The number of nitrogens with two attached hydrogens (primary N) is 1. The first-order valence-corrected chi connectivity index (χ1v) is 6.21. The first-order valence-electron chi connectivity index (χ1n) is 5.23. The number of aromatic nitrogens is 1. The SMILES string of the molecule is Nc1ccc(SCCc2ccccc2)cn1. The van der Waals surface area contributed by atoms with Crippen LogP contribution in [0.25, 0.3) is 0 Å². The molecule has 0 fully saturated rings. The van der Waals surface area contributed by atoms with Crippen molar-refractivity contribution in [3.8, 4) is 0 Å². The van der Waals surface area contributed by atoms with Crippen molar-refractivity contribution in [2.24, 2.45) is 0 Å². The van der Waals surface area contributed by atoms with Gasteiger partial charge in [-0.3, -0.25) is 0 Å². The summed E-state index contributed by atoms with van der Waals surface area (Å²) >= 11 is 1.81. The minimum atomic E-state index is 0.576. The van der Waals surface area contributed by atoms with E-state index in [1.54, 1.807) is 11.8 Å². The van der Waals surface area contributed by atoms with Crippen LogP contribution in [-0.4, -0.2) is 10.7 Å². The second kappa shape index (κ2) is 5.56. The quantitative estimate of drug-likeness (QED) is 0.821. The molecular formula is C13H14N2S. The molecule has 0 aliphatic heterocycles. The van der Waals surface area contributed by atoms with Gasteiger partial charge in [-0.2, -0.15) is 0 Å². The molecule has 1 aromatic heterocycles. The molecule has 0 radical (unpaired) electrons. The molecule has 0 bridgehead atoms. The molecule has 2 N–H and O–H groups in total. The third kappa shape index (κ3) is 3.28. The van der Waals surface area contributed by atoms with Crippen LogP contribution in [0.5, 0.6) is 0 Å². The number of thioether (sulfide) groups is 1. The van der Waals surface area contributed by atoms with Crippen molar-refractivity contribution in [2.45, 2.75) is 11.3 Å². The Balaban J connectivity index is 1.82. The Morgan fingerprint density at radius 2 is 1.88 bits per heavy atom. The predicted molar refractivity (Wildman–Crippen MR) is 69.5 cm³/mol. The highest BCUT2D eigenvalue weighted by molar-refractivity contribution is 7.99. The summed E-state index contributed by atoms with van der Waals surface area (Å²) in [6.45, 7) is 0. The van der Waals surface area contributed by atoms with E-state index >= 15 is 0 Å². The van der Waals surface area contributed by atoms with Crippen molar-refractivity contribution >= 4 is 17.6 Å². The Hall–Kier alpha value is -1.48. The number of hydrogen-bond donors (Lipinski definition) is 1. The second-order valence-corrected chi connectivity index (χ2v) is 4.67. The highest BCUT2D eigenvalue weighted by Gasteiger charge is 1.96. The first-order chi connectivity index (χ1) is 7.84. The zero-order valence-corrected chi connectivity index (χ0v) is 9.78. The van der Waals surface area contributed by atoms with E-state index in [2.05, 4.69) is 29.2 Å². The second-order valence-electron chi connectivity index (χ2n) is 3.50. The van der Waals surface area contributed by atoms with Crippen LogP contribution in [-0.2, 0) is 6.42 Å². The lowest BCUT2D eigenvalue weighted by atomic mass is 10.2. The van der Waals surface area contributed by atoms with Gasteiger partial charge >= 0.3 is 0 Å². The van der Waals surface area contributed by atoms with Gasteiger partial charge in [-0.25, -0.2) is 4.98 Å². The maximum atomic E-state index is 5.53. The molecule has 0 spiro atoms. The number of anilines is 1. The molecular weight excluding hydrogens is 216 g/mol. The van der Waals surface area contributed by atoms with Crippen LogP contribution in [0, 0.1) is 0 Å². The number of nitrogens with zero attached hydrogens (tertiary/aromatic N) is 1. The molecule has 2 rings (SSSR count). The van der Waals surface area contributed by atoms with Crippen molar-refractivity contribution in [1.82, 2.24) is 4.98 Å². The van der Waals surface area contributed by atoms with Crippen LogP contribution in [0.2, 0.25) is 0 Å². The van der Waals surface area contributed by atoms with Crippen LogP contribution in [0.15, 0.2) is 53.6 Å². The zero-order chi connectivity index (χ0) is 11.2. The van der Waals surface area contributed by atoms with Gasteiger partial charge in [-0.15, -0.1) is 11.8 Å². The molecule has 0 saturated carbocycles. The minimum absolute atomic E-state index is 0.576. The fraction of sp³-hybridized carbons (Fsp3) is 0.154. The van der Waals surface area contributed by atoms with Gasteiger partial charge in [0.25, 0.3) is 0 Å². The van der Waals surface area contributed by atoms with Crippen molar-refractivity contribution < 1.29 is 0 Å². The van der Waals surface area contributed by atoms with Crippen LogP contribution in [0.3, 0.4) is 0 Å². The largest absolute Gasteiger partial charge is 0.384 e. The molecule has 16 heavy (non-hydrogen) atoms. The topological polar surface area (TPSA) is 38.9 Å². The van der Waals surface area contributed by atoms with Gasteiger partial charge in [0.2, 0.25) is 0 Å². The lowest BCUT2D eigenvalue weighted by Crippen LogP contribution is -1.90. The minimum Gasteiger partial charge on any atom is -0.384 e. The van der Waals surface area contributed by atoms with Gasteiger partial charge in [-0.05, 0) is 24.1 Å². The monoisotopic (exact) mass is 230 g/mol. The number of aryl methyl sites for hydroxylation is 1. The smallest absolute Gasteiger partial charge is 0.123 e. The van der Waals surface area contributed by atoms with E-state index in [-0.39, 0.29) is 0 Å². The van der Waals surface area contributed by atoms with Gasteiger partial charge in [0, 0.05) is 16.8 Å². The molecule has 0 atom stereocenters. The molecule has 2 aromatic rings. The predicted octanol–water partition coefficient (Wildman–Crippen LogP) is 3.00. The van der Waals surface area contributed by atoms with Gasteiger partial charge in [0.15, 0.2) is 0 Å². The summed E-state index contributed by atoms with van der Waals surface area (Å²) in [7, 11) is 0. The van der Waals surface area contributed by atoms with Gasteiger partial charge in [0.1, 0.15) is 5.82 Å². The Morgan fingerprint density at radius 1 is 1.06 bits per heavy atom. The molecule has 82 valence electrons. The highest BCUT2D eigenvalue weighted by atomic mass is 32.2. The van der Waals surface area contributed by atoms with Crippen LogP contribution < -0.4 is 5.73 Å². The van der Waals surface area contributed by atoms with E-state index in [9.17, 15) is 0 Å². The lowest BCUT2D eigenvalue weighted by Gasteiger charge is -2.02. The molecule has 0 saturated heterocycles. The standard InChI is InChI=1S/C13H14N2S/c14-13-7-6-12(10-15-13)16-9-8-11-4-2-1-3-5-11/h1-7,10H,8-9H2,(H2,14,15). The Bertz CT molecular complexity index is 425. The maximum absolute atomic E-state index is 5.53. The third-order valence-electron chi connectivity index (χ3n) is 2.26. The van der Waals surface area contributed by atoms with Gasteiger partial charge < -0.3 is 5.73 Å². The van der Waals surface area contributed by atoms with E-state index in [0.717, 1.165) is 12.2 Å². The van der Waals surface area contributed by atoms with Crippen molar-refractivity contribution in [1.29, 1.82) is 0 Å². The Kier molecular flexibility index (Phi) is 3.83. The maximum Gasteiger partial charge on any atom is 0.123 e. The van der Waals surface area contributed by atoms with E-state index in [1.807, 2.05) is 24.4 Å². The normalized spacial score (nSPS) is 10.2. The Morgan fingerprint density at radius 3 is 2.56 bits per heavy atom. The molecule has 0 amide bonds. The van der Waals surface area contributed by atoms with Gasteiger partial charge in [-0.1, -0.05) is 30.3 Å². The number of hydrogen-bond acceptors (Lipinski definition) is 3. The van der Waals surface area contributed by atoms with E-state index in [1.165, 1.54) is 10.5 Å². The molecule has 0 aliphatic rings. The first kappa shape index (κ1) is 11.0. The summed E-state index contributed by atoms with van der Waals surface area (Å²) in [6.07, 6.45) is 2.90. The van der Waals surface area contributed by atoms with Crippen LogP contribution in [0.1, 0.15) is 5.56 Å². The molecule has 0 unspecified atom stereocenters. The Labute approximate surface area is 99.9 Å². The summed E-state index contributed by atoms with van der Waals surface area (Å²) in [4.78, 5) is 5.23. The summed E-state index contributed by atoms with van der Waals surface area (Å²) in [5.41, 5.74) is 6.90. The molecule has 2 nitrogen and oxygen atoms in total. The zero-order valence-electron chi connectivity index (χ0n) is 8.97. The van der Waals surface area contributed by atoms with E-state index < -0.39 is 0 Å². The van der Waals surface area contributed by atoms with E-state index in [4.69, 9.17) is 5.73 Å². The fourth-order valence-electron chi connectivity index (χ4n) is 1.41. The number of pyridine rings is 1. The number of benzene rings is 1. The number of nitrogen functional groups attached to an aromatic ring is 1. The van der Waals surface area contributed by atoms with Crippen LogP contribution >= 0.6 is 11.8 Å². The van der Waals surface area contributed by atoms with Crippen molar-refractivity contribution in [2.75, 3.05) is 11.5 Å². The van der Waals surface area contributed by atoms with Gasteiger partial charge in [0.05, 0.1) is 0 Å². The van der Waals surface area contributed by atoms with E-state index in [0.29, 0.717) is 5.82 Å². The summed E-state index contributed by atoms with van der Waals surface area (Å²) in [5.74, 6) is 1.64. The summed E-state index contributed by atoms with van der Waals surface area (Å²) in [5, 5.41) is 0. The van der Waals surface area contributed by atoms with Crippen LogP contribution in [0.4, 0.5) is 5.82 Å². The van der Waals surface area contributed by atoms with Crippen molar-refractivity contribution in [3.63, 3.8) is 0 Å². The highest BCUT2D eigenvalue weighted by Crippen LogP contribution is 2.18. The summed E-state index contributed by atoms with van der Waals surface area (Å²) < 4.78 is 0. The average Bonchev–Trinajstić information content (AvgIpc) is 2.33. The number of rotatable bonds is 4. The summed E-state index contributed by atoms with van der Waals surface area (Å²) in [6, 6.07) is 14.3. The average molecular weight is 230 g/mol. The third-order valence-corrected chi connectivity index (χ3v) is 3.24. The molecule has 1 heterocycles. The lowest BCUT2D eigenvalue weighted by molar-refractivity contribution is 1.15. The molecule has 3 heteroatoms. The fourth-order valence-corrected chi connectivity index (χ4v) is 2.27.